The zero-order chi connectivity index (χ0) is 32.1. The monoisotopic (exact) mass is 606 g/mol. The summed E-state index contributed by atoms with van der Waals surface area (Å²) in [5.74, 6) is -2.33. The van der Waals surface area contributed by atoms with Crippen LogP contribution >= 0.6 is 0 Å². The molecular weight excluding hydrogens is 572 g/mol. The third kappa shape index (κ3) is 10.8. The number of aryl methyl sites for hydroxylation is 1. The zero-order valence-electron chi connectivity index (χ0n) is 23.7. The molecule has 0 aliphatic carbocycles. The van der Waals surface area contributed by atoms with Crippen molar-refractivity contribution in [2.45, 2.75) is 50.9 Å². The number of nitrogens with one attached hydrogen (secondary N) is 4. The first-order valence-electron chi connectivity index (χ1n) is 13.6. The number of nitro benzene ring substituents is 1. The van der Waals surface area contributed by atoms with E-state index in [1.54, 1.807) is 36.4 Å². The highest BCUT2D eigenvalue weighted by atomic mass is 16.6. The number of phenols is 1. The van der Waals surface area contributed by atoms with Crippen LogP contribution in [0.4, 0.5) is 5.69 Å². The topological polar surface area (TPSA) is 230 Å². The molecule has 3 rings (SSSR count). The minimum absolute atomic E-state index is 0.0215. The Morgan fingerprint density at radius 2 is 1.50 bits per heavy atom. The maximum Gasteiger partial charge on any atom is 0.303 e. The van der Waals surface area contributed by atoms with Crippen molar-refractivity contribution in [1.82, 2.24) is 16.1 Å². The highest BCUT2D eigenvalue weighted by Gasteiger charge is 2.26. The maximum absolute atomic E-state index is 13.4. The molecule has 0 aliphatic heterocycles. The molecule has 3 aromatic carbocycles. The van der Waals surface area contributed by atoms with E-state index in [1.807, 2.05) is 0 Å². The Morgan fingerprint density at radius 3 is 2.09 bits per heavy atom. The summed E-state index contributed by atoms with van der Waals surface area (Å²) < 4.78 is 0. The van der Waals surface area contributed by atoms with Gasteiger partial charge in [-0.3, -0.25) is 34.7 Å². The van der Waals surface area contributed by atoms with Crippen molar-refractivity contribution in [3.8, 4) is 5.75 Å². The molecule has 0 heterocycles. The van der Waals surface area contributed by atoms with Crippen LogP contribution in [0.15, 0.2) is 72.8 Å². The predicted molar refractivity (Wildman–Crippen MR) is 159 cm³/mol. The van der Waals surface area contributed by atoms with E-state index in [0.717, 1.165) is 5.56 Å². The number of nitrogens with zero attached hydrogens (tertiary/aromatic N) is 1. The number of nitro groups is 1. The fourth-order valence-electron chi connectivity index (χ4n) is 4.08. The van der Waals surface area contributed by atoms with Gasteiger partial charge in [-0.2, -0.15) is 5.48 Å². The van der Waals surface area contributed by atoms with Crippen LogP contribution in [-0.2, 0) is 38.8 Å². The minimum Gasteiger partial charge on any atom is -0.508 e. The van der Waals surface area contributed by atoms with Crippen molar-refractivity contribution >= 4 is 29.3 Å². The summed E-state index contributed by atoms with van der Waals surface area (Å²) in [5.41, 5.74) is 10.8. The van der Waals surface area contributed by atoms with Gasteiger partial charge in [-0.05, 0) is 60.2 Å². The van der Waals surface area contributed by atoms with Crippen LogP contribution < -0.4 is 21.8 Å². The number of carbonyl (C=O) groups is 3. The summed E-state index contributed by atoms with van der Waals surface area (Å²) in [5, 5.41) is 42.5. The molecule has 2 atom stereocenters. The van der Waals surface area contributed by atoms with E-state index < -0.39 is 34.8 Å². The van der Waals surface area contributed by atoms with E-state index in [4.69, 9.17) is 16.0 Å². The number of rotatable bonds is 17. The molecule has 0 saturated heterocycles. The number of carboxylic acid groups (broad SMARTS) is 1. The Kier molecular flexibility index (Phi) is 12.3. The predicted octanol–water partition coefficient (Wildman–Crippen LogP) is 2.27. The number of nitrogens with two attached hydrogens (primary N) is 1. The summed E-state index contributed by atoms with van der Waals surface area (Å²) in [7, 11) is 0. The molecule has 3 aromatic rings. The van der Waals surface area contributed by atoms with Crippen molar-refractivity contribution in [1.29, 1.82) is 5.41 Å². The fourth-order valence-corrected chi connectivity index (χ4v) is 4.08. The average molecular weight is 607 g/mol. The smallest absolute Gasteiger partial charge is 0.303 e. The van der Waals surface area contributed by atoms with Gasteiger partial charge >= 0.3 is 5.97 Å². The molecule has 44 heavy (non-hydrogen) atoms. The second kappa shape index (κ2) is 16.3. The number of nitrogen functional groups attached to an aromatic ring is 1. The molecule has 0 bridgehead atoms. The lowest BCUT2D eigenvalue weighted by Gasteiger charge is -2.23. The van der Waals surface area contributed by atoms with Crippen LogP contribution in [0.1, 0.15) is 41.5 Å². The fraction of sp³-hybridized carbons (Fsp3) is 0.267. The number of non-ortho nitro benzene ring substituents is 1. The van der Waals surface area contributed by atoms with Crippen LogP contribution in [0.3, 0.4) is 0 Å². The quantitative estimate of drug-likeness (QED) is 0.0513. The molecule has 0 unspecified atom stereocenters. The SMILES string of the molecule is N=C(N)c1ccc(CNC(=O)[C@H](CCC(=O)O)NC(=O)[C@@H](CCc2ccc(O)cc2)NOCc2ccc([N+](=O)[O-])cc2)cc1. The summed E-state index contributed by atoms with van der Waals surface area (Å²) in [6.07, 6.45) is 0.0829. The van der Waals surface area contributed by atoms with Crippen LogP contribution in [0, 0.1) is 15.5 Å². The number of phenolic OH excluding ortho intramolecular Hbond substituents is 1. The summed E-state index contributed by atoms with van der Waals surface area (Å²) >= 11 is 0. The van der Waals surface area contributed by atoms with Gasteiger partial charge in [-0.1, -0.05) is 36.4 Å². The van der Waals surface area contributed by atoms with Gasteiger partial charge in [0.2, 0.25) is 11.8 Å². The van der Waals surface area contributed by atoms with Crippen molar-refractivity contribution in [2.75, 3.05) is 0 Å². The number of aliphatic carboxylic acids is 1. The highest BCUT2D eigenvalue weighted by Crippen LogP contribution is 2.14. The zero-order valence-corrected chi connectivity index (χ0v) is 23.7. The second-order valence-corrected chi connectivity index (χ2v) is 9.91. The van der Waals surface area contributed by atoms with E-state index in [9.17, 15) is 34.7 Å². The number of amides is 2. The van der Waals surface area contributed by atoms with E-state index >= 15 is 0 Å². The van der Waals surface area contributed by atoms with E-state index in [0.29, 0.717) is 23.1 Å². The standard InChI is InChI=1S/C30H34N6O8/c31-28(32)22-8-1-20(2-9-22)17-33-29(40)25(15-16-27(38)39)34-30(41)26(14-7-19-5-12-24(37)13-6-19)35-44-18-21-3-10-23(11-4-21)36(42)43/h1-6,8-13,25-26,35,37H,7,14-18H2,(H3,31,32)(H,33,40)(H,34,41)(H,38,39)/t25-,26+/m0/s1. The molecule has 0 saturated carbocycles. The van der Waals surface area contributed by atoms with Crippen LogP contribution in [0.2, 0.25) is 0 Å². The molecule has 14 nitrogen and oxygen atoms in total. The summed E-state index contributed by atoms with van der Waals surface area (Å²) in [6, 6.07) is 16.6. The van der Waals surface area contributed by atoms with Crippen LogP contribution in [-0.4, -0.2) is 50.8 Å². The average Bonchev–Trinajstić information content (AvgIpc) is 3.00. The summed E-state index contributed by atoms with van der Waals surface area (Å²) in [4.78, 5) is 53.6. The molecular formula is C30H34N6O8. The molecule has 232 valence electrons. The lowest BCUT2D eigenvalue weighted by Crippen LogP contribution is -2.52. The van der Waals surface area contributed by atoms with Crippen LogP contribution in [0.5, 0.6) is 5.75 Å². The molecule has 0 aromatic heterocycles. The number of carbonyl (C=O) groups excluding carboxylic acids is 2. The molecule has 0 aliphatic rings. The molecule has 8 N–H and O–H groups in total. The number of hydrogen-bond acceptors (Lipinski definition) is 9. The molecule has 0 radical (unpaired) electrons. The van der Waals surface area contributed by atoms with Crippen LogP contribution in [0.25, 0.3) is 0 Å². The number of amidine groups is 1. The van der Waals surface area contributed by atoms with Gasteiger partial charge in [-0.15, -0.1) is 0 Å². The van der Waals surface area contributed by atoms with Gasteiger partial charge in [0.05, 0.1) is 11.5 Å². The van der Waals surface area contributed by atoms with Gasteiger partial charge in [0.1, 0.15) is 23.7 Å². The first-order chi connectivity index (χ1) is 21.0. The Morgan fingerprint density at radius 1 is 0.886 bits per heavy atom. The number of carboxylic acids is 1. The Labute approximate surface area is 252 Å². The number of benzene rings is 3. The first kappa shape index (κ1) is 33.2. The Balaban J connectivity index is 1.68. The molecule has 2 amide bonds. The third-order valence-corrected chi connectivity index (χ3v) is 6.60. The van der Waals surface area contributed by atoms with Crippen molar-refractivity contribution in [3.05, 3.63) is 105 Å². The van der Waals surface area contributed by atoms with Crippen molar-refractivity contribution in [2.24, 2.45) is 5.73 Å². The van der Waals surface area contributed by atoms with Gasteiger partial charge in [0, 0.05) is 30.7 Å². The number of hydroxylamine groups is 1. The van der Waals surface area contributed by atoms with E-state index in [2.05, 4.69) is 16.1 Å². The van der Waals surface area contributed by atoms with Gasteiger partial charge in [0.15, 0.2) is 0 Å². The van der Waals surface area contributed by atoms with E-state index in [-0.39, 0.29) is 49.7 Å². The highest BCUT2D eigenvalue weighted by molar-refractivity contribution is 5.95. The third-order valence-electron chi connectivity index (χ3n) is 6.60. The Bertz CT molecular complexity index is 1450. The van der Waals surface area contributed by atoms with Crippen molar-refractivity contribution in [3.63, 3.8) is 0 Å². The largest absolute Gasteiger partial charge is 0.508 e. The molecule has 0 fully saturated rings. The lowest BCUT2D eigenvalue weighted by atomic mass is 10.0. The Hall–Kier alpha value is -5.34. The van der Waals surface area contributed by atoms with Crippen molar-refractivity contribution < 1.29 is 34.4 Å². The summed E-state index contributed by atoms with van der Waals surface area (Å²) in [6.45, 7) is 0.0731. The first-order valence-corrected chi connectivity index (χ1v) is 13.6. The second-order valence-electron chi connectivity index (χ2n) is 9.91. The van der Waals surface area contributed by atoms with Gasteiger partial charge in [0.25, 0.3) is 5.69 Å². The van der Waals surface area contributed by atoms with E-state index in [1.165, 1.54) is 36.4 Å². The number of aromatic hydroxyl groups is 1. The maximum atomic E-state index is 13.4. The molecule has 14 heteroatoms. The van der Waals surface area contributed by atoms with Gasteiger partial charge in [-0.25, -0.2) is 0 Å². The number of hydrogen-bond donors (Lipinski definition) is 7. The van der Waals surface area contributed by atoms with Gasteiger partial charge < -0.3 is 26.6 Å². The molecule has 0 spiro atoms. The minimum atomic E-state index is -1.16. The lowest BCUT2D eigenvalue weighted by molar-refractivity contribution is -0.384. The normalized spacial score (nSPS) is 12.1.